The fraction of sp³-hybridized carbons (Fsp3) is 0.333. The van der Waals surface area contributed by atoms with Gasteiger partial charge in [0, 0.05) is 48.8 Å². The number of carbonyl (C=O) groups is 1. The first-order valence-corrected chi connectivity index (χ1v) is 11.2. The van der Waals surface area contributed by atoms with Gasteiger partial charge in [0.25, 0.3) is 0 Å². The van der Waals surface area contributed by atoms with E-state index in [2.05, 4.69) is 24.3 Å². The monoisotopic (exact) mass is 432 g/mol. The van der Waals surface area contributed by atoms with Crippen molar-refractivity contribution < 1.29 is 13.9 Å². The first kappa shape index (κ1) is 22.0. The number of pyridine rings is 1. The number of nitrogens with zero attached hydrogens (tertiary/aromatic N) is 2. The van der Waals surface area contributed by atoms with E-state index < -0.39 is 0 Å². The van der Waals surface area contributed by atoms with Crippen molar-refractivity contribution in [3.63, 3.8) is 0 Å². The zero-order chi connectivity index (χ0) is 22.3. The molecule has 1 aliphatic heterocycles. The summed E-state index contributed by atoms with van der Waals surface area (Å²) in [7, 11) is 1.69. The second-order valence-electron chi connectivity index (χ2n) is 8.32. The Bertz CT molecular complexity index is 1040. The molecule has 3 aromatic rings. The van der Waals surface area contributed by atoms with Crippen LogP contribution in [0.25, 0.3) is 0 Å². The number of piperidine rings is 1. The first-order valence-electron chi connectivity index (χ1n) is 11.2. The predicted molar refractivity (Wildman–Crippen MR) is 123 cm³/mol. The van der Waals surface area contributed by atoms with Gasteiger partial charge in [-0.3, -0.25) is 9.78 Å². The number of ether oxygens (including phenoxy) is 1. The normalized spacial score (nSPS) is 14.4. The van der Waals surface area contributed by atoms with Crippen LogP contribution < -0.4 is 4.74 Å². The van der Waals surface area contributed by atoms with Gasteiger partial charge in [0.2, 0.25) is 5.91 Å². The highest BCUT2D eigenvalue weighted by Gasteiger charge is 2.24. The zero-order valence-electron chi connectivity index (χ0n) is 18.5. The highest BCUT2D eigenvalue weighted by atomic mass is 19.1. The van der Waals surface area contributed by atoms with Gasteiger partial charge in [-0.25, -0.2) is 4.39 Å². The molecule has 0 aliphatic carbocycles. The van der Waals surface area contributed by atoms with Gasteiger partial charge in [-0.15, -0.1) is 0 Å². The van der Waals surface area contributed by atoms with Gasteiger partial charge in [-0.05, 0) is 55.2 Å². The molecule has 2 heterocycles. The average Bonchev–Trinajstić information content (AvgIpc) is 2.84. The lowest BCUT2D eigenvalue weighted by molar-refractivity contribution is -0.132. The smallest absolute Gasteiger partial charge is 0.222 e. The molecule has 1 fully saturated rings. The largest absolute Gasteiger partial charge is 0.496 e. The lowest BCUT2D eigenvalue weighted by Crippen LogP contribution is -2.38. The number of hydrogen-bond acceptors (Lipinski definition) is 3. The van der Waals surface area contributed by atoms with Crippen molar-refractivity contribution in [2.45, 2.75) is 38.0 Å². The molecule has 4 rings (SSSR count). The summed E-state index contributed by atoms with van der Waals surface area (Å²) < 4.78 is 18.5. The van der Waals surface area contributed by atoms with Crippen LogP contribution in [0, 0.1) is 5.82 Å². The maximum absolute atomic E-state index is 13.0. The van der Waals surface area contributed by atoms with Crippen molar-refractivity contribution in [3.05, 3.63) is 95.1 Å². The molecule has 1 aromatic heterocycles. The number of benzene rings is 2. The summed E-state index contributed by atoms with van der Waals surface area (Å²) in [6.07, 6.45) is 3.69. The Hall–Kier alpha value is -3.21. The van der Waals surface area contributed by atoms with Crippen LogP contribution in [0.4, 0.5) is 4.39 Å². The Morgan fingerprint density at radius 1 is 1.03 bits per heavy atom. The van der Waals surface area contributed by atoms with Gasteiger partial charge in [0.05, 0.1) is 7.11 Å². The Morgan fingerprint density at radius 3 is 2.53 bits per heavy atom. The van der Waals surface area contributed by atoms with Gasteiger partial charge in [-0.1, -0.05) is 36.4 Å². The summed E-state index contributed by atoms with van der Waals surface area (Å²) in [4.78, 5) is 19.5. The Kier molecular flexibility index (Phi) is 7.15. The standard InChI is InChI=1S/C27H29FN2O2/c1-32-26-8-3-2-5-22(26)19-24-6-4-7-25(29-24)21-15-17-30(18-16-21)27(31)14-11-20-9-12-23(28)13-10-20/h2-10,12-13,21H,11,14-19H2,1H3. The molecule has 1 aliphatic rings. The summed E-state index contributed by atoms with van der Waals surface area (Å²) in [6, 6.07) is 20.7. The Balaban J connectivity index is 1.31. The van der Waals surface area contributed by atoms with Crippen LogP contribution >= 0.6 is 0 Å². The maximum Gasteiger partial charge on any atom is 0.222 e. The SMILES string of the molecule is COc1ccccc1Cc1cccc(C2CCN(C(=O)CCc3ccc(F)cc3)CC2)n1. The lowest BCUT2D eigenvalue weighted by Gasteiger charge is -2.32. The molecule has 0 saturated carbocycles. The summed E-state index contributed by atoms with van der Waals surface area (Å²) in [5.41, 5.74) is 4.26. The molecule has 166 valence electrons. The van der Waals surface area contributed by atoms with Crippen molar-refractivity contribution in [2.24, 2.45) is 0 Å². The quantitative estimate of drug-likeness (QED) is 0.518. The summed E-state index contributed by atoms with van der Waals surface area (Å²) in [5, 5.41) is 0. The van der Waals surface area contributed by atoms with Gasteiger partial charge in [0.15, 0.2) is 0 Å². The van der Waals surface area contributed by atoms with Crippen molar-refractivity contribution in [1.29, 1.82) is 0 Å². The lowest BCUT2D eigenvalue weighted by atomic mass is 9.92. The molecule has 0 atom stereocenters. The summed E-state index contributed by atoms with van der Waals surface area (Å²) in [5.74, 6) is 1.18. The van der Waals surface area contributed by atoms with E-state index in [-0.39, 0.29) is 11.7 Å². The molecule has 32 heavy (non-hydrogen) atoms. The number of methoxy groups -OCH3 is 1. The summed E-state index contributed by atoms with van der Waals surface area (Å²) in [6.45, 7) is 1.51. The van der Waals surface area contributed by atoms with Crippen LogP contribution in [0.5, 0.6) is 5.75 Å². The van der Waals surface area contributed by atoms with E-state index in [1.54, 1.807) is 19.2 Å². The van der Waals surface area contributed by atoms with Crippen LogP contribution in [0.15, 0.2) is 66.7 Å². The molecule has 4 nitrogen and oxygen atoms in total. The number of likely N-dealkylation sites (tertiary alicyclic amines) is 1. The second-order valence-corrected chi connectivity index (χ2v) is 8.32. The van der Waals surface area contributed by atoms with Crippen LogP contribution in [-0.2, 0) is 17.6 Å². The Morgan fingerprint density at radius 2 is 1.78 bits per heavy atom. The van der Waals surface area contributed by atoms with Gasteiger partial charge in [0.1, 0.15) is 11.6 Å². The van der Waals surface area contributed by atoms with E-state index in [4.69, 9.17) is 9.72 Å². The third kappa shape index (κ3) is 5.52. The number of para-hydroxylation sites is 1. The molecular weight excluding hydrogens is 403 g/mol. The third-order valence-electron chi connectivity index (χ3n) is 6.20. The first-order chi connectivity index (χ1) is 15.6. The second kappa shape index (κ2) is 10.4. The van der Waals surface area contributed by atoms with E-state index in [1.165, 1.54) is 12.1 Å². The number of carbonyl (C=O) groups excluding carboxylic acids is 1. The third-order valence-corrected chi connectivity index (χ3v) is 6.20. The van der Waals surface area contributed by atoms with E-state index in [9.17, 15) is 9.18 Å². The molecule has 0 bridgehead atoms. The highest BCUT2D eigenvalue weighted by Crippen LogP contribution is 2.28. The molecule has 5 heteroatoms. The minimum Gasteiger partial charge on any atom is -0.496 e. The van der Waals surface area contributed by atoms with Crippen LogP contribution in [-0.4, -0.2) is 36.0 Å². The van der Waals surface area contributed by atoms with Crippen molar-refractivity contribution in [1.82, 2.24) is 9.88 Å². The molecule has 1 amide bonds. The van der Waals surface area contributed by atoms with E-state index in [1.807, 2.05) is 23.1 Å². The van der Waals surface area contributed by atoms with E-state index in [0.29, 0.717) is 18.8 Å². The number of amides is 1. The molecule has 2 aromatic carbocycles. The van der Waals surface area contributed by atoms with Crippen molar-refractivity contribution in [3.8, 4) is 5.75 Å². The minimum atomic E-state index is -0.247. The average molecular weight is 433 g/mol. The number of aromatic nitrogens is 1. The van der Waals surface area contributed by atoms with Gasteiger partial charge in [-0.2, -0.15) is 0 Å². The van der Waals surface area contributed by atoms with E-state index >= 15 is 0 Å². The number of halogens is 1. The van der Waals surface area contributed by atoms with Gasteiger partial charge >= 0.3 is 0 Å². The molecule has 1 saturated heterocycles. The number of rotatable bonds is 7. The maximum atomic E-state index is 13.0. The highest BCUT2D eigenvalue weighted by molar-refractivity contribution is 5.76. The predicted octanol–water partition coefficient (Wildman–Crippen LogP) is 5.16. The molecule has 0 unspecified atom stereocenters. The van der Waals surface area contributed by atoms with E-state index in [0.717, 1.165) is 60.6 Å². The van der Waals surface area contributed by atoms with Crippen LogP contribution in [0.3, 0.4) is 0 Å². The number of hydrogen-bond donors (Lipinski definition) is 0. The molecule has 0 radical (unpaired) electrons. The zero-order valence-corrected chi connectivity index (χ0v) is 18.5. The topological polar surface area (TPSA) is 42.4 Å². The fourth-order valence-electron chi connectivity index (χ4n) is 4.35. The van der Waals surface area contributed by atoms with Crippen molar-refractivity contribution >= 4 is 5.91 Å². The van der Waals surface area contributed by atoms with Crippen LogP contribution in [0.2, 0.25) is 0 Å². The van der Waals surface area contributed by atoms with Crippen LogP contribution in [0.1, 0.15) is 47.7 Å². The minimum absolute atomic E-state index is 0.172. The summed E-state index contributed by atoms with van der Waals surface area (Å²) >= 11 is 0. The van der Waals surface area contributed by atoms with Gasteiger partial charge < -0.3 is 9.64 Å². The molecule has 0 N–H and O–H groups in total. The molecular formula is C27H29FN2O2. The fourth-order valence-corrected chi connectivity index (χ4v) is 4.35. The van der Waals surface area contributed by atoms with Crippen molar-refractivity contribution in [2.75, 3.05) is 20.2 Å². The Labute approximate surface area is 189 Å². The number of aryl methyl sites for hydroxylation is 1. The molecule has 0 spiro atoms.